The van der Waals surface area contributed by atoms with Crippen LogP contribution in [0.5, 0.6) is 11.5 Å². The third-order valence-electron chi connectivity index (χ3n) is 9.06. The fourth-order valence-electron chi connectivity index (χ4n) is 6.24. The Labute approximate surface area is 301 Å². The van der Waals surface area contributed by atoms with Gasteiger partial charge in [-0.25, -0.2) is 0 Å². The summed E-state index contributed by atoms with van der Waals surface area (Å²) in [6, 6.07) is 19.8. The van der Waals surface area contributed by atoms with Gasteiger partial charge in [0.25, 0.3) is 0 Å². The minimum absolute atomic E-state index is 0.399. The van der Waals surface area contributed by atoms with Gasteiger partial charge < -0.3 is 24.6 Å². The monoisotopic (exact) mass is 754 g/mol. The molecule has 0 saturated carbocycles. The SMILES string of the molecule is COc1ccc(C(F)(F)F)cc1N1CCN(Cc2cccc(-c3ccc(C(F)(F)F)cc3)c2)CC1.COc1ccc(C(F)(F)F)cc1N1CCNCC1. The Balaban J connectivity index is 0.000000252. The van der Waals surface area contributed by atoms with Gasteiger partial charge in [0.15, 0.2) is 0 Å². The average molecular weight is 755 g/mol. The number of benzene rings is 4. The van der Waals surface area contributed by atoms with Gasteiger partial charge in [0.1, 0.15) is 11.5 Å². The lowest BCUT2D eigenvalue weighted by atomic mass is 10.0. The third-order valence-corrected chi connectivity index (χ3v) is 9.06. The van der Waals surface area contributed by atoms with E-state index in [4.69, 9.17) is 9.47 Å². The lowest BCUT2D eigenvalue weighted by molar-refractivity contribution is -0.138. The maximum atomic E-state index is 13.2. The van der Waals surface area contributed by atoms with Gasteiger partial charge in [-0.2, -0.15) is 39.5 Å². The fraction of sp³-hybridized carbons (Fsp3) is 0.368. The summed E-state index contributed by atoms with van der Waals surface area (Å²) >= 11 is 0. The van der Waals surface area contributed by atoms with Crippen LogP contribution in [0.15, 0.2) is 84.9 Å². The van der Waals surface area contributed by atoms with Crippen molar-refractivity contribution < 1.29 is 49.0 Å². The molecule has 286 valence electrons. The van der Waals surface area contributed by atoms with Crippen LogP contribution in [0.2, 0.25) is 0 Å². The number of piperazine rings is 2. The third kappa shape index (κ3) is 10.3. The molecule has 15 heteroatoms. The molecule has 2 saturated heterocycles. The molecule has 2 aliphatic heterocycles. The van der Waals surface area contributed by atoms with E-state index in [0.717, 1.165) is 60.6 Å². The molecule has 0 aliphatic carbocycles. The first kappa shape index (κ1) is 39.6. The first-order chi connectivity index (χ1) is 25.1. The molecule has 6 rings (SSSR count). The van der Waals surface area contributed by atoms with E-state index in [9.17, 15) is 39.5 Å². The van der Waals surface area contributed by atoms with Crippen molar-refractivity contribution in [2.45, 2.75) is 25.1 Å². The van der Waals surface area contributed by atoms with Crippen molar-refractivity contribution in [1.82, 2.24) is 10.2 Å². The normalized spacial score (nSPS) is 15.8. The Kier molecular flexibility index (Phi) is 12.4. The fourth-order valence-corrected chi connectivity index (χ4v) is 6.24. The molecule has 0 atom stereocenters. The van der Waals surface area contributed by atoms with E-state index in [-0.39, 0.29) is 0 Å². The minimum Gasteiger partial charge on any atom is -0.495 e. The van der Waals surface area contributed by atoms with E-state index in [1.165, 1.54) is 38.5 Å². The van der Waals surface area contributed by atoms with Gasteiger partial charge in [-0.15, -0.1) is 0 Å². The average Bonchev–Trinajstić information content (AvgIpc) is 3.14. The highest BCUT2D eigenvalue weighted by molar-refractivity contribution is 5.65. The van der Waals surface area contributed by atoms with E-state index in [1.54, 1.807) is 0 Å². The maximum absolute atomic E-state index is 13.2. The van der Waals surface area contributed by atoms with Crippen LogP contribution < -0.4 is 24.6 Å². The maximum Gasteiger partial charge on any atom is 0.416 e. The van der Waals surface area contributed by atoms with Crippen molar-refractivity contribution in [3.05, 3.63) is 107 Å². The van der Waals surface area contributed by atoms with Crippen molar-refractivity contribution >= 4 is 11.4 Å². The highest BCUT2D eigenvalue weighted by Gasteiger charge is 2.34. The molecule has 2 aliphatic rings. The van der Waals surface area contributed by atoms with Gasteiger partial charge in [0.2, 0.25) is 0 Å². The van der Waals surface area contributed by atoms with Gasteiger partial charge in [-0.1, -0.05) is 30.3 Å². The van der Waals surface area contributed by atoms with Crippen LogP contribution in [0.25, 0.3) is 11.1 Å². The predicted octanol–water partition coefficient (Wildman–Crippen LogP) is 8.85. The molecule has 0 spiro atoms. The molecule has 0 bridgehead atoms. The summed E-state index contributed by atoms with van der Waals surface area (Å²) in [5.41, 5.74) is 1.41. The van der Waals surface area contributed by atoms with Crippen molar-refractivity contribution in [1.29, 1.82) is 0 Å². The van der Waals surface area contributed by atoms with Crippen LogP contribution in [0.3, 0.4) is 0 Å². The van der Waals surface area contributed by atoms with Crippen LogP contribution in [0, 0.1) is 0 Å². The van der Waals surface area contributed by atoms with Gasteiger partial charge in [-0.3, -0.25) is 4.90 Å². The summed E-state index contributed by atoms with van der Waals surface area (Å²) in [4.78, 5) is 6.00. The van der Waals surface area contributed by atoms with Gasteiger partial charge in [-0.05, 0) is 71.3 Å². The molecular formula is C38H39F9N4O2. The van der Waals surface area contributed by atoms with E-state index < -0.39 is 35.2 Å². The molecule has 53 heavy (non-hydrogen) atoms. The van der Waals surface area contributed by atoms with Crippen molar-refractivity contribution in [2.75, 3.05) is 76.4 Å². The standard InChI is InChI=1S/C26H24F6N2O.C12H15F3N2O/c1-35-24-10-9-22(26(30,31)32)16-23(24)34-13-11-33(12-14-34)17-18-3-2-4-20(15-18)19-5-7-21(8-6-19)25(27,28)29;1-18-11-3-2-9(12(13,14)15)8-10(11)17-6-4-16-5-7-17/h2-10,15-16H,11-14,17H2,1H3;2-3,8,16H,4-7H2,1H3. The number of alkyl halides is 9. The zero-order valence-corrected chi connectivity index (χ0v) is 29.0. The molecule has 6 nitrogen and oxygen atoms in total. The Hall–Kier alpha value is -4.63. The molecular weight excluding hydrogens is 715 g/mol. The summed E-state index contributed by atoms with van der Waals surface area (Å²) in [7, 11) is 2.90. The molecule has 4 aromatic rings. The zero-order valence-electron chi connectivity index (χ0n) is 29.0. The smallest absolute Gasteiger partial charge is 0.416 e. The quantitative estimate of drug-likeness (QED) is 0.190. The number of nitrogens with one attached hydrogen (secondary N) is 1. The van der Waals surface area contributed by atoms with Gasteiger partial charge in [0.05, 0.1) is 42.3 Å². The molecule has 2 heterocycles. The van der Waals surface area contributed by atoms with Gasteiger partial charge >= 0.3 is 18.5 Å². The Bertz CT molecular complexity index is 1800. The molecule has 0 aromatic heterocycles. The largest absolute Gasteiger partial charge is 0.495 e. The van der Waals surface area contributed by atoms with Crippen LogP contribution >= 0.6 is 0 Å². The predicted molar refractivity (Wildman–Crippen MR) is 185 cm³/mol. The Morgan fingerprint density at radius 2 is 1.00 bits per heavy atom. The van der Waals surface area contributed by atoms with Crippen molar-refractivity contribution in [3.8, 4) is 22.6 Å². The molecule has 2 fully saturated rings. The molecule has 4 aromatic carbocycles. The van der Waals surface area contributed by atoms with Crippen LogP contribution in [0.4, 0.5) is 50.9 Å². The number of halogens is 9. The second-order valence-electron chi connectivity index (χ2n) is 12.5. The summed E-state index contributed by atoms with van der Waals surface area (Å²) < 4.78 is 127. The highest BCUT2D eigenvalue weighted by atomic mass is 19.4. The molecule has 0 amide bonds. The minimum atomic E-state index is -4.43. The molecule has 0 unspecified atom stereocenters. The number of rotatable bonds is 7. The second-order valence-corrected chi connectivity index (χ2v) is 12.5. The van der Waals surface area contributed by atoms with E-state index >= 15 is 0 Å². The van der Waals surface area contributed by atoms with E-state index in [0.29, 0.717) is 74.3 Å². The van der Waals surface area contributed by atoms with Crippen molar-refractivity contribution in [2.24, 2.45) is 0 Å². The van der Waals surface area contributed by atoms with Crippen LogP contribution in [0.1, 0.15) is 22.3 Å². The highest BCUT2D eigenvalue weighted by Crippen LogP contribution is 2.38. The molecule has 0 radical (unpaired) electrons. The lowest BCUT2D eigenvalue weighted by Crippen LogP contribution is -2.46. The second kappa shape index (κ2) is 16.6. The summed E-state index contributed by atoms with van der Waals surface area (Å²) in [6.45, 7) is 5.87. The molecule has 1 N–H and O–H groups in total. The number of ether oxygens (including phenoxy) is 2. The first-order valence-electron chi connectivity index (χ1n) is 16.8. The first-order valence-corrected chi connectivity index (χ1v) is 16.8. The van der Waals surface area contributed by atoms with E-state index in [2.05, 4.69) is 10.2 Å². The summed E-state index contributed by atoms with van der Waals surface area (Å²) in [5, 5.41) is 3.16. The van der Waals surface area contributed by atoms with Crippen LogP contribution in [-0.4, -0.2) is 71.5 Å². The number of nitrogens with zero attached hydrogens (tertiary/aromatic N) is 3. The number of hydrogen-bond donors (Lipinski definition) is 1. The summed E-state index contributed by atoms with van der Waals surface area (Å²) in [6.07, 6.45) is -13.1. The Morgan fingerprint density at radius 1 is 0.528 bits per heavy atom. The topological polar surface area (TPSA) is 40.2 Å². The van der Waals surface area contributed by atoms with Crippen molar-refractivity contribution in [3.63, 3.8) is 0 Å². The van der Waals surface area contributed by atoms with Gasteiger partial charge in [0, 0.05) is 58.9 Å². The number of hydrogen-bond acceptors (Lipinski definition) is 6. The van der Waals surface area contributed by atoms with E-state index in [1.807, 2.05) is 34.1 Å². The lowest BCUT2D eigenvalue weighted by Gasteiger charge is -2.37. The van der Waals surface area contributed by atoms with Crippen LogP contribution in [-0.2, 0) is 25.1 Å². The number of methoxy groups -OCH3 is 2. The Morgan fingerprint density at radius 3 is 1.47 bits per heavy atom. The number of anilines is 2. The summed E-state index contributed by atoms with van der Waals surface area (Å²) in [5.74, 6) is 0.876. The zero-order chi connectivity index (χ0) is 38.4.